The van der Waals surface area contributed by atoms with Crippen LogP contribution in [0.3, 0.4) is 0 Å². The fraction of sp³-hybridized carbons (Fsp3) is 0.538. The molecule has 5 nitrogen and oxygen atoms in total. The summed E-state index contributed by atoms with van der Waals surface area (Å²) in [4.78, 5) is 6.46. The molecule has 1 heterocycles. The third kappa shape index (κ3) is 3.78. The molecule has 0 spiro atoms. The molecule has 1 unspecified atom stereocenters. The zero-order valence-corrected chi connectivity index (χ0v) is 11.7. The van der Waals surface area contributed by atoms with Crippen molar-refractivity contribution in [1.29, 1.82) is 0 Å². The lowest BCUT2D eigenvalue weighted by Crippen LogP contribution is -2.23. The van der Waals surface area contributed by atoms with E-state index >= 15 is 0 Å². The van der Waals surface area contributed by atoms with Crippen molar-refractivity contribution < 1.29 is 28.0 Å². The number of ether oxygens (including phenoxy) is 1. The van der Waals surface area contributed by atoms with Crippen LogP contribution in [0.4, 0.5) is 18.9 Å². The summed E-state index contributed by atoms with van der Waals surface area (Å²) < 4.78 is 44.8. The Kier molecular flexibility index (Phi) is 4.60. The zero-order valence-electron chi connectivity index (χ0n) is 11.7. The lowest BCUT2D eigenvalue weighted by molar-refractivity contribution is -0.139. The van der Waals surface area contributed by atoms with Gasteiger partial charge in [0.2, 0.25) is 0 Å². The second-order valence-electron chi connectivity index (χ2n) is 4.92. The number of nitrogens with zero attached hydrogens (tertiary/aromatic N) is 2. The van der Waals surface area contributed by atoms with Crippen LogP contribution in [0, 0.1) is 0 Å². The molecule has 0 aromatic heterocycles. The molecule has 1 atom stereocenters. The van der Waals surface area contributed by atoms with Crippen molar-refractivity contribution in [1.82, 2.24) is 4.90 Å². The maximum Gasteiger partial charge on any atom is 0.420 e. The van der Waals surface area contributed by atoms with Crippen LogP contribution < -0.4 is 9.96 Å². The van der Waals surface area contributed by atoms with Crippen LogP contribution in [-0.4, -0.2) is 43.5 Å². The first-order valence-corrected chi connectivity index (χ1v) is 6.41. The largest absolute Gasteiger partial charge is 0.488 e. The second-order valence-corrected chi connectivity index (χ2v) is 4.92. The third-order valence-electron chi connectivity index (χ3n) is 3.30. The summed E-state index contributed by atoms with van der Waals surface area (Å²) >= 11 is 0. The van der Waals surface area contributed by atoms with Crippen molar-refractivity contribution in [3.63, 3.8) is 0 Å². The van der Waals surface area contributed by atoms with E-state index in [0.717, 1.165) is 19.7 Å². The molecule has 0 amide bonds. The van der Waals surface area contributed by atoms with Crippen LogP contribution in [0.15, 0.2) is 18.2 Å². The van der Waals surface area contributed by atoms with Crippen molar-refractivity contribution in [2.24, 2.45) is 0 Å². The fourth-order valence-corrected chi connectivity index (χ4v) is 2.24. The highest BCUT2D eigenvalue weighted by atomic mass is 19.4. The van der Waals surface area contributed by atoms with Gasteiger partial charge >= 0.3 is 6.18 Å². The van der Waals surface area contributed by atoms with E-state index in [1.807, 2.05) is 11.9 Å². The van der Waals surface area contributed by atoms with Crippen molar-refractivity contribution in [2.75, 3.05) is 32.5 Å². The van der Waals surface area contributed by atoms with Crippen LogP contribution in [0.25, 0.3) is 0 Å². The number of rotatable bonds is 4. The summed E-state index contributed by atoms with van der Waals surface area (Å²) in [5.41, 5.74) is -1.06. The van der Waals surface area contributed by atoms with Crippen molar-refractivity contribution in [2.45, 2.75) is 18.7 Å². The van der Waals surface area contributed by atoms with Crippen molar-refractivity contribution in [3.05, 3.63) is 23.8 Å². The maximum absolute atomic E-state index is 13.1. The van der Waals surface area contributed by atoms with Crippen LogP contribution >= 0.6 is 0 Å². The minimum Gasteiger partial charge on any atom is -0.488 e. The Morgan fingerprint density at radius 3 is 2.62 bits per heavy atom. The van der Waals surface area contributed by atoms with Crippen molar-refractivity contribution in [3.8, 4) is 5.75 Å². The third-order valence-corrected chi connectivity index (χ3v) is 3.30. The molecule has 1 aromatic rings. The number of hydrogen-bond acceptors (Lipinski definition) is 5. The van der Waals surface area contributed by atoms with E-state index < -0.39 is 11.7 Å². The van der Waals surface area contributed by atoms with Gasteiger partial charge in [-0.1, -0.05) is 0 Å². The highest BCUT2D eigenvalue weighted by Crippen LogP contribution is 2.39. The predicted molar refractivity (Wildman–Crippen MR) is 69.2 cm³/mol. The first-order chi connectivity index (χ1) is 9.81. The minimum absolute atomic E-state index is 0.124. The average molecular weight is 306 g/mol. The monoisotopic (exact) mass is 306 g/mol. The van der Waals surface area contributed by atoms with E-state index in [-0.39, 0.29) is 22.8 Å². The number of likely N-dealkylation sites (N-methyl/N-ethyl adjacent to an activating group) is 1. The molecule has 8 heteroatoms. The van der Waals surface area contributed by atoms with E-state index in [1.165, 1.54) is 12.1 Å². The topological polar surface area (TPSA) is 45.2 Å². The molecule has 21 heavy (non-hydrogen) atoms. The molecular formula is C13H17F3N2O3. The highest BCUT2D eigenvalue weighted by Gasteiger charge is 2.36. The van der Waals surface area contributed by atoms with Gasteiger partial charge in [-0.3, -0.25) is 10.0 Å². The van der Waals surface area contributed by atoms with Gasteiger partial charge in [0.1, 0.15) is 11.9 Å². The van der Waals surface area contributed by atoms with Crippen LogP contribution in [-0.2, 0) is 11.0 Å². The molecule has 0 bridgehead atoms. The lowest BCUT2D eigenvalue weighted by Gasteiger charge is -2.20. The first-order valence-electron chi connectivity index (χ1n) is 6.41. The van der Waals surface area contributed by atoms with E-state index in [9.17, 15) is 18.4 Å². The van der Waals surface area contributed by atoms with E-state index in [0.29, 0.717) is 13.0 Å². The number of likely N-dealkylation sites (tertiary alicyclic amines) is 1. The quantitative estimate of drug-likeness (QED) is 0.866. The smallest absolute Gasteiger partial charge is 0.420 e. The van der Waals surface area contributed by atoms with Gasteiger partial charge in [0.25, 0.3) is 0 Å². The SMILES string of the molecule is CON(O)c1ccc(OC2CCN(C)C2)c(C(F)(F)F)c1. The Labute approximate surface area is 120 Å². The van der Waals surface area contributed by atoms with Crippen molar-refractivity contribution >= 4 is 5.69 Å². The number of alkyl halides is 3. The molecule has 0 radical (unpaired) electrons. The summed E-state index contributed by atoms with van der Waals surface area (Å²) in [6.45, 7) is 1.38. The lowest BCUT2D eigenvalue weighted by atomic mass is 10.1. The first kappa shape index (κ1) is 15.9. The Hall–Kier alpha value is -1.51. The summed E-state index contributed by atoms with van der Waals surface area (Å²) in [7, 11) is 3.03. The maximum atomic E-state index is 13.1. The van der Waals surface area contributed by atoms with E-state index in [4.69, 9.17) is 4.74 Å². The molecule has 1 saturated heterocycles. The molecule has 1 N–H and O–H groups in total. The second kappa shape index (κ2) is 6.08. The van der Waals surface area contributed by atoms with Gasteiger partial charge in [-0.25, -0.2) is 0 Å². The van der Waals surface area contributed by atoms with Gasteiger partial charge in [0.05, 0.1) is 18.4 Å². The Balaban J connectivity index is 2.27. The number of halogens is 3. The number of hydrogen-bond donors (Lipinski definition) is 1. The summed E-state index contributed by atoms with van der Waals surface area (Å²) in [6, 6.07) is 3.28. The van der Waals surface area contributed by atoms with Gasteiger partial charge in [-0.2, -0.15) is 13.2 Å². The molecule has 1 fully saturated rings. The van der Waals surface area contributed by atoms with Gasteiger partial charge in [0.15, 0.2) is 0 Å². The van der Waals surface area contributed by atoms with Crippen LogP contribution in [0.2, 0.25) is 0 Å². The van der Waals surface area contributed by atoms with Crippen LogP contribution in [0.1, 0.15) is 12.0 Å². The Morgan fingerprint density at radius 1 is 1.38 bits per heavy atom. The van der Waals surface area contributed by atoms with Gasteiger partial charge in [-0.05, 0) is 31.7 Å². The fourth-order valence-electron chi connectivity index (χ4n) is 2.24. The molecule has 1 aliphatic rings. The zero-order chi connectivity index (χ0) is 15.6. The summed E-state index contributed by atoms with van der Waals surface area (Å²) in [5.74, 6) is -0.240. The number of benzene rings is 1. The normalized spacial score (nSPS) is 19.8. The van der Waals surface area contributed by atoms with E-state index in [2.05, 4.69) is 4.84 Å². The molecule has 1 aromatic carbocycles. The Bertz CT molecular complexity index is 496. The van der Waals surface area contributed by atoms with Gasteiger partial charge in [-0.15, -0.1) is 5.23 Å². The van der Waals surface area contributed by atoms with Gasteiger partial charge < -0.3 is 9.64 Å². The Morgan fingerprint density at radius 2 is 2.10 bits per heavy atom. The van der Waals surface area contributed by atoms with Gasteiger partial charge in [0, 0.05) is 13.1 Å². The molecule has 0 saturated carbocycles. The average Bonchev–Trinajstić information content (AvgIpc) is 2.82. The van der Waals surface area contributed by atoms with Crippen LogP contribution in [0.5, 0.6) is 5.75 Å². The highest BCUT2D eigenvalue weighted by molar-refractivity contribution is 5.51. The predicted octanol–water partition coefficient (Wildman–Crippen LogP) is 2.55. The molecule has 0 aliphatic carbocycles. The van der Waals surface area contributed by atoms with E-state index in [1.54, 1.807) is 0 Å². The molecule has 2 rings (SSSR count). The molecule has 118 valence electrons. The standard InChI is InChI=1S/C13H17F3N2O3/c1-17-6-5-10(8-17)21-12-4-3-9(18(19)20-2)7-11(12)13(14,15)16/h3-4,7,10,19H,5-6,8H2,1-2H3. The summed E-state index contributed by atoms with van der Waals surface area (Å²) in [5, 5.41) is 9.59. The molecular weight excluding hydrogens is 289 g/mol. The summed E-state index contributed by atoms with van der Waals surface area (Å²) in [6.07, 6.45) is -4.17. The molecule has 1 aliphatic heterocycles. The number of anilines is 1. The minimum atomic E-state index is -4.58.